The first kappa shape index (κ1) is 13.3. The van der Waals surface area contributed by atoms with Crippen LogP contribution in [0.3, 0.4) is 0 Å². The number of hydrogen-bond acceptors (Lipinski definition) is 3. The fraction of sp³-hybridized carbons (Fsp3) is 0.333. The second-order valence-corrected chi connectivity index (χ2v) is 4.75. The lowest BCUT2D eigenvalue weighted by Crippen LogP contribution is -2.03. The molecular weight excluding hydrogens is 240 g/mol. The van der Waals surface area contributed by atoms with Crippen LogP contribution in [-0.2, 0) is 6.61 Å². The van der Waals surface area contributed by atoms with Crippen molar-refractivity contribution in [2.24, 2.45) is 0 Å². The van der Waals surface area contributed by atoms with E-state index in [9.17, 15) is 4.79 Å². The normalized spacial score (nSPS) is 10.7. The molecule has 2 aromatic rings. The van der Waals surface area contributed by atoms with Crippen LogP contribution in [0.5, 0.6) is 5.75 Å². The van der Waals surface area contributed by atoms with Crippen LogP contribution in [0.15, 0.2) is 36.5 Å². The van der Waals surface area contributed by atoms with Crippen LogP contribution in [-0.4, -0.2) is 15.6 Å². The van der Waals surface area contributed by atoms with Crippen molar-refractivity contribution >= 4 is 5.78 Å². The van der Waals surface area contributed by atoms with E-state index in [1.54, 1.807) is 31.2 Å². The third kappa shape index (κ3) is 3.44. The lowest BCUT2D eigenvalue weighted by atomic mass is 10.1. The van der Waals surface area contributed by atoms with Crippen molar-refractivity contribution in [1.82, 2.24) is 9.78 Å². The molecule has 0 radical (unpaired) electrons. The predicted octanol–water partition coefficient (Wildman–Crippen LogP) is 3.25. The molecule has 0 saturated heterocycles. The summed E-state index contributed by atoms with van der Waals surface area (Å²) in [6.45, 7) is 6.14. The molecular formula is C15H18N2O2. The molecule has 0 bridgehead atoms. The average Bonchev–Trinajstić information content (AvgIpc) is 2.86. The minimum Gasteiger partial charge on any atom is -0.487 e. The minimum atomic E-state index is 0.0576. The Morgan fingerprint density at radius 2 is 1.95 bits per heavy atom. The monoisotopic (exact) mass is 258 g/mol. The highest BCUT2D eigenvalue weighted by Crippen LogP contribution is 2.14. The van der Waals surface area contributed by atoms with Gasteiger partial charge in [-0.1, -0.05) is 0 Å². The van der Waals surface area contributed by atoms with Crippen molar-refractivity contribution in [3.05, 3.63) is 47.8 Å². The van der Waals surface area contributed by atoms with Crippen molar-refractivity contribution in [3.8, 4) is 5.75 Å². The van der Waals surface area contributed by atoms with E-state index in [4.69, 9.17) is 4.74 Å². The second kappa shape index (κ2) is 5.69. The Kier molecular flexibility index (Phi) is 4.00. The lowest BCUT2D eigenvalue weighted by Gasteiger charge is -2.06. The fourth-order valence-corrected chi connectivity index (χ4v) is 1.69. The number of ether oxygens (including phenoxy) is 1. The molecule has 0 aliphatic heterocycles. The summed E-state index contributed by atoms with van der Waals surface area (Å²) >= 11 is 0. The maximum Gasteiger partial charge on any atom is 0.159 e. The molecule has 0 fully saturated rings. The van der Waals surface area contributed by atoms with Crippen molar-refractivity contribution < 1.29 is 9.53 Å². The van der Waals surface area contributed by atoms with Gasteiger partial charge in [-0.2, -0.15) is 5.10 Å². The van der Waals surface area contributed by atoms with Gasteiger partial charge in [-0.25, -0.2) is 0 Å². The molecule has 0 N–H and O–H groups in total. The molecule has 1 aromatic carbocycles. The van der Waals surface area contributed by atoms with E-state index in [-0.39, 0.29) is 5.78 Å². The summed E-state index contributed by atoms with van der Waals surface area (Å²) in [5.74, 6) is 0.798. The van der Waals surface area contributed by atoms with Gasteiger partial charge in [-0.15, -0.1) is 0 Å². The first-order chi connectivity index (χ1) is 9.06. The summed E-state index contributed by atoms with van der Waals surface area (Å²) in [7, 11) is 0. The van der Waals surface area contributed by atoms with Crippen LogP contribution in [0.2, 0.25) is 0 Å². The first-order valence-corrected chi connectivity index (χ1v) is 6.34. The molecule has 2 rings (SSSR count). The van der Waals surface area contributed by atoms with Crippen LogP contribution in [0.4, 0.5) is 0 Å². The Morgan fingerprint density at radius 1 is 1.26 bits per heavy atom. The first-order valence-electron chi connectivity index (χ1n) is 6.34. The van der Waals surface area contributed by atoms with Gasteiger partial charge in [0.1, 0.15) is 12.4 Å². The lowest BCUT2D eigenvalue weighted by molar-refractivity contribution is 0.101. The molecule has 1 aromatic heterocycles. The molecule has 19 heavy (non-hydrogen) atoms. The Bertz CT molecular complexity index is 556. The summed E-state index contributed by atoms with van der Waals surface area (Å²) in [6.07, 6.45) is 1.95. The molecule has 0 amide bonds. The molecule has 0 atom stereocenters. The average molecular weight is 258 g/mol. The van der Waals surface area contributed by atoms with E-state index >= 15 is 0 Å². The highest BCUT2D eigenvalue weighted by Gasteiger charge is 2.03. The van der Waals surface area contributed by atoms with Gasteiger partial charge in [0.2, 0.25) is 0 Å². The Morgan fingerprint density at radius 3 is 2.47 bits per heavy atom. The zero-order valence-corrected chi connectivity index (χ0v) is 11.5. The SMILES string of the molecule is CC(=O)c1ccc(OCc2ccn(C(C)C)n2)cc1. The summed E-state index contributed by atoms with van der Waals surface area (Å²) in [4.78, 5) is 11.1. The zero-order chi connectivity index (χ0) is 13.8. The second-order valence-electron chi connectivity index (χ2n) is 4.75. The van der Waals surface area contributed by atoms with E-state index in [0.717, 1.165) is 11.4 Å². The fourth-order valence-electron chi connectivity index (χ4n) is 1.69. The molecule has 0 aliphatic rings. The van der Waals surface area contributed by atoms with Crippen LogP contribution in [0, 0.1) is 0 Å². The van der Waals surface area contributed by atoms with Crippen LogP contribution in [0.1, 0.15) is 42.9 Å². The van der Waals surface area contributed by atoms with Crippen LogP contribution in [0.25, 0.3) is 0 Å². The summed E-state index contributed by atoms with van der Waals surface area (Å²) in [6, 6.07) is 9.44. The van der Waals surface area contributed by atoms with E-state index < -0.39 is 0 Å². The number of ketones is 1. The van der Waals surface area contributed by atoms with E-state index in [1.165, 1.54) is 0 Å². The van der Waals surface area contributed by atoms with Gasteiger partial charge in [0.15, 0.2) is 5.78 Å². The molecule has 0 unspecified atom stereocenters. The van der Waals surface area contributed by atoms with Gasteiger partial charge < -0.3 is 4.74 Å². The number of rotatable bonds is 5. The zero-order valence-electron chi connectivity index (χ0n) is 11.5. The molecule has 0 saturated carbocycles. The largest absolute Gasteiger partial charge is 0.487 e. The molecule has 100 valence electrons. The standard InChI is InChI=1S/C15H18N2O2/c1-11(2)17-9-8-14(16-17)10-19-15-6-4-13(5-7-15)12(3)18/h4-9,11H,10H2,1-3H3. The highest BCUT2D eigenvalue weighted by atomic mass is 16.5. The highest BCUT2D eigenvalue weighted by molar-refractivity contribution is 5.94. The molecule has 4 nitrogen and oxygen atoms in total. The van der Waals surface area contributed by atoms with Crippen molar-refractivity contribution in [1.29, 1.82) is 0 Å². The van der Waals surface area contributed by atoms with Crippen LogP contribution < -0.4 is 4.74 Å². The van der Waals surface area contributed by atoms with Gasteiger partial charge in [0, 0.05) is 17.8 Å². The van der Waals surface area contributed by atoms with E-state index in [2.05, 4.69) is 18.9 Å². The van der Waals surface area contributed by atoms with Gasteiger partial charge in [0.05, 0.1) is 5.69 Å². The number of nitrogens with zero attached hydrogens (tertiary/aromatic N) is 2. The summed E-state index contributed by atoms with van der Waals surface area (Å²) < 4.78 is 7.53. The Labute approximate surface area is 113 Å². The number of benzene rings is 1. The van der Waals surface area contributed by atoms with Gasteiger partial charge in [0.25, 0.3) is 0 Å². The maximum atomic E-state index is 11.1. The van der Waals surface area contributed by atoms with Gasteiger partial charge in [-0.05, 0) is 51.1 Å². The summed E-state index contributed by atoms with van der Waals surface area (Å²) in [5, 5.41) is 4.41. The topological polar surface area (TPSA) is 44.1 Å². The quantitative estimate of drug-likeness (QED) is 0.773. The Hall–Kier alpha value is -2.10. The predicted molar refractivity (Wildman–Crippen MR) is 73.4 cm³/mol. The van der Waals surface area contributed by atoms with Gasteiger partial charge in [-0.3, -0.25) is 9.48 Å². The third-order valence-electron chi connectivity index (χ3n) is 2.84. The van der Waals surface area contributed by atoms with Crippen LogP contribution >= 0.6 is 0 Å². The molecule has 0 aliphatic carbocycles. The number of hydrogen-bond donors (Lipinski definition) is 0. The maximum absolute atomic E-state index is 11.1. The summed E-state index contributed by atoms with van der Waals surface area (Å²) in [5.41, 5.74) is 1.58. The van der Waals surface area contributed by atoms with E-state index in [1.807, 2.05) is 16.9 Å². The van der Waals surface area contributed by atoms with E-state index in [0.29, 0.717) is 18.2 Å². The number of carbonyl (C=O) groups is 1. The number of Topliss-reactive ketones (excluding diaryl/α,β-unsaturated/α-hetero) is 1. The smallest absolute Gasteiger partial charge is 0.159 e. The third-order valence-corrected chi connectivity index (χ3v) is 2.84. The van der Waals surface area contributed by atoms with Crippen molar-refractivity contribution in [2.45, 2.75) is 33.4 Å². The molecule has 1 heterocycles. The van der Waals surface area contributed by atoms with Gasteiger partial charge >= 0.3 is 0 Å². The molecule has 0 spiro atoms. The van der Waals surface area contributed by atoms with Crippen molar-refractivity contribution in [3.63, 3.8) is 0 Å². The minimum absolute atomic E-state index is 0.0576. The number of aromatic nitrogens is 2. The molecule has 4 heteroatoms. The Balaban J connectivity index is 1.96. The van der Waals surface area contributed by atoms with Crippen molar-refractivity contribution in [2.75, 3.05) is 0 Å². The number of carbonyl (C=O) groups excluding carboxylic acids is 1.